The molecular formula is C19H24N2O3SSi. The van der Waals surface area contributed by atoms with E-state index in [-0.39, 0.29) is 9.79 Å². The Kier molecular flexibility index (Phi) is 5.31. The number of nitrogens with zero attached hydrogens (tertiary/aromatic N) is 2. The van der Waals surface area contributed by atoms with E-state index in [0.717, 1.165) is 17.1 Å². The molecule has 0 saturated heterocycles. The number of benzene rings is 2. The molecule has 2 aromatic carbocycles. The number of aromatic nitrogens is 2. The van der Waals surface area contributed by atoms with Crippen LogP contribution in [0.1, 0.15) is 0 Å². The maximum absolute atomic E-state index is 12.8. The van der Waals surface area contributed by atoms with Crippen LogP contribution in [-0.2, 0) is 21.3 Å². The van der Waals surface area contributed by atoms with Crippen LogP contribution in [0.2, 0.25) is 25.7 Å². The van der Waals surface area contributed by atoms with Crippen molar-refractivity contribution < 1.29 is 13.2 Å². The fourth-order valence-electron chi connectivity index (χ4n) is 2.58. The Hall–Kier alpha value is -1.96. The van der Waals surface area contributed by atoms with Crippen LogP contribution in [0, 0.1) is 0 Å². The Bertz CT molecular complexity index is 993. The van der Waals surface area contributed by atoms with Crippen LogP contribution in [0.15, 0.2) is 64.6 Å². The van der Waals surface area contributed by atoms with Gasteiger partial charge in [0.1, 0.15) is 6.73 Å². The Morgan fingerprint density at radius 2 is 1.77 bits per heavy atom. The van der Waals surface area contributed by atoms with Crippen molar-refractivity contribution in [3.63, 3.8) is 0 Å². The number of imidazole rings is 1. The summed E-state index contributed by atoms with van der Waals surface area (Å²) in [7, 11) is -4.68. The van der Waals surface area contributed by atoms with Gasteiger partial charge in [-0.15, -0.1) is 0 Å². The lowest BCUT2D eigenvalue weighted by molar-refractivity contribution is 0.0898. The highest BCUT2D eigenvalue weighted by Crippen LogP contribution is 2.24. The van der Waals surface area contributed by atoms with Gasteiger partial charge in [0.05, 0.1) is 27.2 Å². The monoisotopic (exact) mass is 388 g/mol. The van der Waals surface area contributed by atoms with Crippen LogP contribution < -0.4 is 0 Å². The lowest BCUT2D eigenvalue weighted by Crippen LogP contribution is -2.21. The molecule has 138 valence electrons. The smallest absolute Gasteiger partial charge is 0.206 e. The second-order valence-corrected chi connectivity index (χ2v) is 15.1. The van der Waals surface area contributed by atoms with E-state index in [4.69, 9.17) is 4.74 Å². The predicted molar refractivity (Wildman–Crippen MR) is 106 cm³/mol. The normalized spacial score (nSPS) is 12.6. The summed E-state index contributed by atoms with van der Waals surface area (Å²) in [5.41, 5.74) is 1.51. The van der Waals surface area contributed by atoms with E-state index in [1.807, 2.05) is 4.57 Å². The van der Waals surface area contributed by atoms with Gasteiger partial charge < -0.3 is 9.30 Å². The standard InChI is InChI=1S/C19H24N2O3SSi/c1-26(2,3)12-11-24-15-21-14-20-18-10-9-17(13-19(18)21)25(22,23)16-7-5-4-6-8-16/h4-10,13-14H,11-12,15H2,1-3H3. The Balaban J connectivity index is 1.84. The first kappa shape index (κ1) is 18.8. The molecule has 0 amide bonds. The van der Waals surface area contributed by atoms with Crippen molar-refractivity contribution in [2.75, 3.05) is 6.61 Å². The molecule has 0 saturated carbocycles. The van der Waals surface area contributed by atoms with Crippen molar-refractivity contribution in [3.05, 3.63) is 54.9 Å². The van der Waals surface area contributed by atoms with Gasteiger partial charge in [0.2, 0.25) is 9.84 Å². The fourth-order valence-corrected chi connectivity index (χ4v) is 4.64. The molecule has 0 fully saturated rings. The third-order valence-electron chi connectivity index (χ3n) is 4.18. The Morgan fingerprint density at radius 3 is 2.46 bits per heavy atom. The van der Waals surface area contributed by atoms with Gasteiger partial charge in [0.25, 0.3) is 0 Å². The highest BCUT2D eigenvalue weighted by atomic mass is 32.2. The fraction of sp³-hybridized carbons (Fsp3) is 0.316. The first-order chi connectivity index (χ1) is 12.3. The summed E-state index contributed by atoms with van der Waals surface area (Å²) in [4.78, 5) is 4.89. The van der Waals surface area contributed by atoms with Gasteiger partial charge in [-0.25, -0.2) is 13.4 Å². The molecule has 0 aliphatic rings. The van der Waals surface area contributed by atoms with Gasteiger partial charge in [0.15, 0.2) is 0 Å². The van der Waals surface area contributed by atoms with E-state index in [1.165, 1.54) is 0 Å². The molecule has 0 aliphatic carbocycles. The van der Waals surface area contributed by atoms with Gasteiger partial charge >= 0.3 is 0 Å². The molecular weight excluding hydrogens is 364 g/mol. The highest BCUT2D eigenvalue weighted by Gasteiger charge is 2.18. The van der Waals surface area contributed by atoms with Crippen LogP contribution in [0.4, 0.5) is 0 Å². The van der Waals surface area contributed by atoms with E-state index >= 15 is 0 Å². The van der Waals surface area contributed by atoms with Gasteiger partial charge in [-0.3, -0.25) is 0 Å². The highest BCUT2D eigenvalue weighted by molar-refractivity contribution is 7.91. The molecule has 3 aromatic rings. The molecule has 0 bridgehead atoms. The zero-order valence-corrected chi connectivity index (χ0v) is 17.2. The van der Waals surface area contributed by atoms with Gasteiger partial charge in [-0.05, 0) is 36.4 Å². The second kappa shape index (κ2) is 7.34. The molecule has 0 atom stereocenters. The maximum atomic E-state index is 12.8. The van der Waals surface area contributed by atoms with E-state index in [2.05, 4.69) is 24.6 Å². The summed E-state index contributed by atoms with van der Waals surface area (Å²) in [6, 6.07) is 14.6. The van der Waals surface area contributed by atoms with Crippen LogP contribution >= 0.6 is 0 Å². The molecule has 26 heavy (non-hydrogen) atoms. The molecule has 0 unspecified atom stereocenters. The summed E-state index contributed by atoms with van der Waals surface area (Å²) in [5.74, 6) is 0. The van der Waals surface area contributed by atoms with Gasteiger partial charge in [0, 0.05) is 14.7 Å². The van der Waals surface area contributed by atoms with E-state index < -0.39 is 17.9 Å². The molecule has 0 N–H and O–H groups in total. The van der Waals surface area contributed by atoms with Gasteiger partial charge in [-0.1, -0.05) is 37.8 Å². The number of hydrogen-bond donors (Lipinski definition) is 0. The second-order valence-electron chi connectivity index (χ2n) is 7.53. The zero-order valence-electron chi connectivity index (χ0n) is 15.3. The Labute approximate surface area is 155 Å². The topological polar surface area (TPSA) is 61.2 Å². The summed E-state index contributed by atoms with van der Waals surface area (Å²) >= 11 is 0. The average molecular weight is 389 g/mol. The number of sulfone groups is 1. The molecule has 0 radical (unpaired) electrons. The van der Waals surface area contributed by atoms with Crippen LogP contribution in [0.3, 0.4) is 0 Å². The summed E-state index contributed by atoms with van der Waals surface area (Å²) in [6.45, 7) is 8.00. The average Bonchev–Trinajstić information content (AvgIpc) is 3.01. The summed E-state index contributed by atoms with van der Waals surface area (Å²) in [5, 5.41) is 0. The number of fused-ring (bicyclic) bond motifs is 1. The van der Waals surface area contributed by atoms with E-state index in [0.29, 0.717) is 13.3 Å². The number of rotatable bonds is 7. The minimum Gasteiger partial charge on any atom is -0.361 e. The largest absolute Gasteiger partial charge is 0.361 e. The SMILES string of the molecule is C[Si](C)(C)CCOCn1cnc2ccc(S(=O)(=O)c3ccccc3)cc21. The predicted octanol–water partition coefficient (Wildman–Crippen LogP) is 4.18. The van der Waals surface area contributed by atoms with E-state index in [1.54, 1.807) is 54.9 Å². The summed E-state index contributed by atoms with van der Waals surface area (Å²) < 4.78 is 33.3. The third-order valence-corrected chi connectivity index (χ3v) is 7.65. The molecule has 1 aromatic heterocycles. The molecule has 3 rings (SSSR count). The lowest BCUT2D eigenvalue weighted by Gasteiger charge is -2.15. The first-order valence-electron chi connectivity index (χ1n) is 8.60. The summed E-state index contributed by atoms with van der Waals surface area (Å²) in [6.07, 6.45) is 1.69. The van der Waals surface area contributed by atoms with Crippen molar-refractivity contribution >= 4 is 28.9 Å². The Morgan fingerprint density at radius 1 is 1.04 bits per heavy atom. The minimum atomic E-state index is -3.55. The molecule has 0 spiro atoms. The third kappa shape index (κ3) is 4.23. The number of ether oxygens (including phenoxy) is 1. The van der Waals surface area contributed by atoms with Crippen molar-refractivity contribution in [3.8, 4) is 0 Å². The molecule has 5 nitrogen and oxygen atoms in total. The molecule has 7 heteroatoms. The molecule has 0 aliphatic heterocycles. The van der Waals surface area contributed by atoms with Crippen LogP contribution in [0.5, 0.6) is 0 Å². The minimum absolute atomic E-state index is 0.264. The van der Waals surface area contributed by atoms with Crippen LogP contribution in [0.25, 0.3) is 11.0 Å². The van der Waals surface area contributed by atoms with Crippen molar-refractivity contribution in [1.29, 1.82) is 0 Å². The van der Waals surface area contributed by atoms with Crippen molar-refractivity contribution in [2.45, 2.75) is 42.2 Å². The van der Waals surface area contributed by atoms with Crippen LogP contribution in [-0.4, -0.2) is 32.6 Å². The quantitative estimate of drug-likeness (QED) is 0.450. The number of hydrogen-bond acceptors (Lipinski definition) is 4. The lowest BCUT2D eigenvalue weighted by atomic mass is 10.3. The van der Waals surface area contributed by atoms with Gasteiger partial charge in [-0.2, -0.15) is 0 Å². The van der Waals surface area contributed by atoms with E-state index in [9.17, 15) is 8.42 Å². The first-order valence-corrected chi connectivity index (χ1v) is 13.8. The zero-order chi connectivity index (χ0) is 18.8. The van der Waals surface area contributed by atoms with Crippen molar-refractivity contribution in [2.24, 2.45) is 0 Å². The molecule has 1 heterocycles. The van der Waals surface area contributed by atoms with Crippen molar-refractivity contribution in [1.82, 2.24) is 9.55 Å². The maximum Gasteiger partial charge on any atom is 0.206 e.